The number of nitrogens with zero attached hydrogens (tertiary/aromatic N) is 5. The molecule has 2 N–H and O–H groups in total. The van der Waals surface area contributed by atoms with E-state index in [1.54, 1.807) is 12.7 Å². The third-order valence-corrected chi connectivity index (χ3v) is 3.40. The Morgan fingerprint density at radius 1 is 1.26 bits per heavy atom. The summed E-state index contributed by atoms with van der Waals surface area (Å²) >= 11 is 0. The van der Waals surface area contributed by atoms with Crippen molar-refractivity contribution >= 4 is 17.0 Å². The quantitative estimate of drug-likeness (QED) is 0.801. The molecule has 102 valence electrons. The van der Waals surface area contributed by atoms with Crippen molar-refractivity contribution < 1.29 is 5.11 Å². The summed E-state index contributed by atoms with van der Waals surface area (Å²) < 4.78 is 0. The summed E-state index contributed by atoms with van der Waals surface area (Å²) in [6, 6.07) is 0. The minimum atomic E-state index is -0.273. The van der Waals surface area contributed by atoms with Gasteiger partial charge in [0.2, 0.25) is 0 Å². The number of piperazine rings is 1. The highest BCUT2D eigenvalue weighted by atomic mass is 16.3. The lowest BCUT2D eigenvalue weighted by Crippen LogP contribution is -2.48. The fourth-order valence-corrected chi connectivity index (χ4v) is 2.51. The summed E-state index contributed by atoms with van der Waals surface area (Å²) in [5.41, 5.74) is 1.60. The summed E-state index contributed by atoms with van der Waals surface area (Å²) in [5.74, 6) is 0.916. The van der Waals surface area contributed by atoms with Crippen molar-refractivity contribution in [2.45, 2.75) is 13.0 Å². The number of aromatic amines is 1. The van der Waals surface area contributed by atoms with Crippen LogP contribution in [0.15, 0.2) is 12.7 Å². The zero-order valence-corrected chi connectivity index (χ0v) is 11.0. The van der Waals surface area contributed by atoms with Crippen LogP contribution < -0.4 is 4.90 Å². The van der Waals surface area contributed by atoms with Gasteiger partial charge in [0.25, 0.3) is 0 Å². The smallest absolute Gasteiger partial charge is 0.182 e. The zero-order chi connectivity index (χ0) is 13.2. The summed E-state index contributed by atoms with van der Waals surface area (Å²) in [5, 5.41) is 9.41. The van der Waals surface area contributed by atoms with Crippen molar-refractivity contribution in [2.75, 3.05) is 37.6 Å². The highest BCUT2D eigenvalue weighted by Gasteiger charge is 2.21. The Hall–Kier alpha value is -1.73. The average molecular weight is 262 g/mol. The fraction of sp³-hybridized carbons (Fsp3) is 0.583. The van der Waals surface area contributed by atoms with Gasteiger partial charge in [-0.15, -0.1) is 0 Å². The van der Waals surface area contributed by atoms with Gasteiger partial charge in [0.1, 0.15) is 11.8 Å². The van der Waals surface area contributed by atoms with E-state index in [0.717, 1.165) is 44.1 Å². The van der Waals surface area contributed by atoms with Gasteiger partial charge in [-0.05, 0) is 6.92 Å². The molecule has 2 aromatic rings. The number of nitrogens with one attached hydrogen (secondary N) is 1. The van der Waals surface area contributed by atoms with E-state index in [4.69, 9.17) is 0 Å². The summed E-state index contributed by atoms with van der Waals surface area (Å²) in [6.45, 7) is 6.23. The molecular weight excluding hydrogens is 244 g/mol. The molecule has 0 saturated carbocycles. The number of aliphatic hydroxyl groups excluding tert-OH is 1. The van der Waals surface area contributed by atoms with Crippen molar-refractivity contribution in [3.63, 3.8) is 0 Å². The number of fused-ring (bicyclic) bond motifs is 1. The molecule has 0 aliphatic carbocycles. The first-order chi connectivity index (χ1) is 9.24. The van der Waals surface area contributed by atoms with E-state index < -0.39 is 0 Å². The van der Waals surface area contributed by atoms with Gasteiger partial charge in [-0.2, -0.15) is 0 Å². The van der Waals surface area contributed by atoms with E-state index in [1.807, 2.05) is 6.92 Å². The summed E-state index contributed by atoms with van der Waals surface area (Å²) in [7, 11) is 0. The number of β-amino-alcohol motifs (C(OH)–C–C–N with tert-alkyl or cyclic N) is 1. The molecule has 1 atom stereocenters. The molecular formula is C12H18N6O. The molecule has 0 amide bonds. The number of aromatic nitrogens is 4. The van der Waals surface area contributed by atoms with Crippen LogP contribution in [-0.2, 0) is 0 Å². The zero-order valence-electron chi connectivity index (χ0n) is 11.0. The van der Waals surface area contributed by atoms with Crippen LogP contribution in [0.2, 0.25) is 0 Å². The SMILES string of the molecule is C[C@@H](O)CN1CCN(c2ncnc3nc[nH]c23)CC1. The fourth-order valence-electron chi connectivity index (χ4n) is 2.51. The Balaban J connectivity index is 1.73. The Kier molecular flexibility index (Phi) is 3.31. The number of H-pyrrole nitrogens is 1. The lowest BCUT2D eigenvalue weighted by Gasteiger charge is -2.35. The van der Waals surface area contributed by atoms with Gasteiger partial charge >= 0.3 is 0 Å². The molecule has 19 heavy (non-hydrogen) atoms. The minimum Gasteiger partial charge on any atom is -0.392 e. The molecule has 0 radical (unpaired) electrons. The number of anilines is 1. The van der Waals surface area contributed by atoms with Crippen LogP contribution in [0.3, 0.4) is 0 Å². The molecule has 2 aromatic heterocycles. The highest BCUT2D eigenvalue weighted by molar-refractivity contribution is 5.82. The molecule has 0 unspecified atom stereocenters. The standard InChI is InChI=1S/C12H18N6O/c1-9(19)6-17-2-4-18(5-3-17)12-10-11(14-7-13-10)15-8-16-12/h7-9,19H,2-6H2,1H3,(H,13,14,15,16)/t9-/m1/s1. The number of hydrogen-bond acceptors (Lipinski definition) is 6. The maximum Gasteiger partial charge on any atom is 0.182 e. The van der Waals surface area contributed by atoms with Crippen molar-refractivity contribution in [3.05, 3.63) is 12.7 Å². The third-order valence-electron chi connectivity index (χ3n) is 3.40. The van der Waals surface area contributed by atoms with Gasteiger partial charge in [0.05, 0.1) is 12.4 Å². The van der Waals surface area contributed by atoms with Crippen molar-refractivity contribution in [2.24, 2.45) is 0 Å². The van der Waals surface area contributed by atoms with Crippen LogP contribution in [0.1, 0.15) is 6.92 Å². The number of rotatable bonds is 3. The Morgan fingerprint density at radius 3 is 2.79 bits per heavy atom. The van der Waals surface area contributed by atoms with E-state index in [1.165, 1.54) is 0 Å². The molecule has 0 spiro atoms. The van der Waals surface area contributed by atoms with Crippen LogP contribution in [0.4, 0.5) is 5.82 Å². The van der Waals surface area contributed by atoms with Crippen LogP contribution in [0.25, 0.3) is 11.2 Å². The second-order valence-electron chi connectivity index (χ2n) is 4.94. The normalized spacial score (nSPS) is 18.9. The van der Waals surface area contributed by atoms with Crippen LogP contribution in [-0.4, -0.2) is 68.8 Å². The molecule has 3 heterocycles. The summed E-state index contributed by atoms with van der Waals surface area (Å²) in [6.07, 6.45) is 2.93. The van der Waals surface area contributed by atoms with E-state index in [-0.39, 0.29) is 6.10 Å². The molecule has 0 aromatic carbocycles. The van der Waals surface area contributed by atoms with Crippen LogP contribution in [0, 0.1) is 0 Å². The predicted octanol–water partition coefficient (Wildman–Crippen LogP) is -0.144. The van der Waals surface area contributed by atoms with E-state index in [9.17, 15) is 5.11 Å². The monoisotopic (exact) mass is 262 g/mol. The average Bonchev–Trinajstić information content (AvgIpc) is 2.87. The van der Waals surface area contributed by atoms with Gasteiger partial charge in [-0.3, -0.25) is 4.90 Å². The maximum absolute atomic E-state index is 9.41. The highest BCUT2D eigenvalue weighted by Crippen LogP contribution is 2.20. The number of aliphatic hydroxyl groups is 1. The van der Waals surface area contributed by atoms with E-state index >= 15 is 0 Å². The van der Waals surface area contributed by atoms with Gasteiger partial charge in [0, 0.05) is 32.7 Å². The largest absolute Gasteiger partial charge is 0.392 e. The first-order valence-corrected chi connectivity index (χ1v) is 6.53. The van der Waals surface area contributed by atoms with Gasteiger partial charge in [-0.1, -0.05) is 0 Å². The third kappa shape index (κ3) is 2.52. The number of hydrogen-bond donors (Lipinski definition) is 2. The molecule has 1 fully saturated rings. The minimum absolute atomic E-state index is 0.273. The van der Waals surface area contributed by atoms with Crippen molar-refractivity contribution in [1.29, 1.82) is 0 Å². The Morgan fingerprint density at radius 2 is 2.05 bits per heavy atom. The second kappa shape index (κ2) is 5.10. The Bertz CT molecular complexity index is 546. The molecule has 0 bridgehead atoms. The first kappa shape index (κ1) is 12.3. The van der Waals surface area contributed by atoms with Gasteiger partial charge in [-0.25, -0.2) is 15.0 Å². The van der Waals surface area contributed by atoms with Crippen molar-refractivity contribution in [3.8, 4) is 0 Å². The summed E-state index contributed by atoms with van der Waals surface area (Å²) in [4.78, 5) is 20.2. The lowest BCUT2D eigenvalue weighted by atomic mass is 10.2. The van der Waals surface area contributed by atoms with Gasteiger partial charge in [0.15, 0.2) is 11.5 Å². The predicted molar refractivity (Wildman–Crippen MR) is 72.0 cm³/mol. The molecule has 7 heteroatoms. The van der Waals surface area contributed by atoms with E-state index in [2.05, 4.69) is 29.7 Å². The molecule has 1 aliphatic rings. The first-order valence-electron chi connectivity index (χ1n) is 6.53. The van der Waals surface area contributed by atoms with E-state index in [0.29, 0.717) is 5.65 Å². The molecule has 1 saturated heterocycles. The van der Waals surface area contributed by atoms with Crippen LogP contribution in [0.5, 0.6) is 0 Å². The second-order valence-corrected chi connectivity index (χ2v) is 4.94. The van der Waals surface area contributed by atoms with Crippen LogP contribution >= 0.6 is 0 Å². The topological polar surface area (TPSA) is 81.2 Å². The molecule has 3 rings (SSSR count). The van der Waals surface area contributed by atoms with Crippen molar-refractivity contribution in [1.82, 2.24) is 24.8 Å². The van der Waals surface area contributed by atoms with Gasteiger partial charge < -0.3 is 15.0 Å². The lowest BCUT2D eigenvalue weighted by molar-refractivity contribution is 0.122. The Labute approximate surface area is 111 Å². The number of imidazole rings is 1. The maximum atomic E-state index is 9.41. The molecule has 1 aliphatic heterocycles. The molecule has 7 nitrogen and oxygen atoms in total.